The van der Waals surface area contributed by atoms with Crippen molar-refractivity contribution in [2.24, 2.45) is 11.3 Å². The number of anilines is 1. The lowest BCUT2D eigenvalue weighted by atomic mass is 9.77. The van der Waals surface area contributed by atoms with E-state index in [1.807, 2.05) is 12.1 Å². The van der Waals surface area contributed by atoms with Crippen LogP contribution in [0, 0.1) is 22.7 Å². The van der Waals surface area contributed by atoms with Crippen LogP contribution in [0.3, 0.4) is 0 Å². The van der Waals surface area contributed by atoms with E-state index >= 15 is 0 Å². The number of hydrogen-bond acceptors (Lipinski definition) is 6. The van der Waals surface area contributed by atoms with Gasteiger partial charge in [-0.3, -0.25) is 4.79 Å². The average Bonchev–Trinajstić information content (AvgIpc) is 3.43. The normalized spacial score (nSPS) is 25.4. The molecule has 5 rings (SSSR count). The molecule has 2 fully saturated rings. The van der Waals surface area contributed by atoms with Crippen molar-refractivity contribution in [2.75, 3.05) is 44.2 Å². The number of ether oxygens (including phenoxy) is 1. The van der Waals surface area contributed by atoms with Gasteiger partial charge < -0.3 is 14.5 Å². The second-order valence-electron chi connectivity index (χ2n) is 9.63. The van der Waals surface area contributed by atoms with Gasteiger partial charge in [-0.05, 0) is 75.4 Å². The summed E-state index contributed by atoms with van der Waals surface area (Å²) in [7, 11) is 0. The minimum atomic E-state index is 0.0640. The number of allylic oxidation sites excluding steroid dienone is 1. The Labute approximate surface area is 184 Å². The summed E-state index contributed by atoms with van der Waals surface area (Å²) < 4.78 is 5.45. The van der Waals surface area contributed by atoms with Crippen molar-refractivity contribution >= 4 is 11.6 Å². The van der Waals surface area contributed by atoms with Crippen molar-refractivity contribution < 1.29 is 9.53 Å². The zero-order valence-electron chi connectivity index (χ0n) is 18.3. The molecule has 6 nitrogen and oxygen atoms in total. The summed E-state index contributed by atoms with van der Waals surface area (Å²) in [6.07, 6.45) is 8.54. The largest absolute Gasteiger partial charge is 0.496 e. The van der Waals surface area contributed by atoms with E-state index in [-0.39, 0.29) is 5.92 Å². The molecule has 1 unspecified atom stereocenters. The number of likely N-dealkylation sites (tertiary alicyclic amines) is 1. The standard InChI is InChI=1S/C25H30N4O2/c1-18-21(23(30)12-20-15-31-16-22(18)20)4-8-28-9-5-25(6-10-28)7-11-29(17-25)24-3-2-19(13-26)14-27-24/h2-3,14-15,21H,4-12,16-17H2,1H3. The number of aromatic nitrogens is 1. The van der Waals surface area contributed by atoms with Crippen molar-refractivity contribution in [3.8, 4) is 6.07 Å². The van der Waals surface area contributed by atoms with Crippen molar-refractivity contribution in [3.05, 3.63) is 46.9 Å². The Balaban J connectivity index is 1.14. The number of pyridine rings is 1. The summed E-state index contributed by atoms with van der Waals surface area (Å²) in [6.45, 7) is 8.08. The van der Waals surface area contributed by atoms with Crippen LogP contribution < -0.4 is 4.90 Å². The summed E-state index contributed by atoms with van der Waals surface area (Å²) >= 11 is 0. The van der Waals surface area contributed by atoms with E-state index in [1.54, 1.807) is 12.5 Å². The molecule has 1 aromatic heterocycles. The van der Waals surface area contributed by atoms with Gasteiger partial charge in [0.1, 0.15) is 24.3 Å². The van der Waals surface area contributed by atoms with Crippen LogP contribution in [0.15, 0.2) is 41.3 Å². The Morgan fingerprint density at radius 2 is 2.06 bits per heavy atom. The smallest absolute Gasteiger partial charge is 0.144 e. The van der Waals surface area contributed by atoms with Gasteiger partial charge in [0, 0.05) is 37.2 Å². The lowest BCUT2D eigenvalue weighted by Crippen LogP contribution is -2.42. The van der Waals surface area contributed by atoms with Crippen LogP contribution in [0.1, 0.15) is 44.6 Å². The summed E-state index contributed by atoms with van der Waals surface area (Å²) in [5.74, 6) is 1.41. The fraction of sp³-hybridized carbons (Fsp3) is 0.560. The van der Waals surface area contributed by atoms with Gasteiger partial charge in [-0.1, -0.05) is 5.57 Å². The van der Waals surface area contributed by atoms with Crippen LogP contribution >= 0.6 is 0 Å². The Hall–Kier alpha value is -2.65. The van der Waals surface area contributed by atoms with Gasteiger partial charge in [0.15, 0.2) is 0 Å². The number of Topliss-reactive ketones (excluding diaryl/α,β-unsaturated/α-hetero) is 1. The zero-order chi connectivity index (χ0) is 21.4. The molecule has 2 saturated heterocycles. The molecule has 1 aliphatic carbocycles. The minimum Gasteiger partial charge on any atom is -0.496 e. The van der Waals surface area contributed by atoms with Crippen LogP contribution in [0.2, 0.25) is 0 Å². The van der Waals surface area contributed by atoms with E-state index in [4.69, 9.17) is 10.00 Å². The third-order valence-corrected chi connectivity index (χ3v) is 7.88. The lowest BCUT2D eigenvalue weighted by Gasteiger charge is -2.40. The van der Waals surface area contributed by atoms with Gasteiger partial charge in [-0.2, -0.15) is 5.26 Å². The molecular weight excluding hydrogens is 388 g/mol. The number of nitriles is 1. The topological polar surface area (TPSA) is 69.5 Å². The number of carbonyl (C=O) groups excluding carboxylic acids is 1. The van der Waals surface area contributed by atoms with Gasteiger partial charge in [0.2, 0.25) is 0 Å². The maximum atomic E-state index is 12.7. The Morgan fingerprint density at radius 3 is 2.81 bits per heavy atom. The fourth-order valence-corrected chi connectivity index (χ4v) is 5.79. The number of piperidine rings is 1. The van der Waals surface area contributed by atoms with Crippen LogP contribution in [-0.4, -0.2) is 55.0 Å². The second kappa shape index (κ2) is 8.12. The first-order valence-electron chi connectivity index (χ1n) is 11.4. The molecule has 0 saturated carbocycles. The SMILES string of the molecule is CC1=C2COC=C2CC(=O)C1CCN1CCC2(CC1)CCN(c1ccc(C#N)cn1)C2. The fourth-order valence-electron chi connectivity index (χ4n) is 5.79. The number of rotatable bonds is 4. The maximum absolute atomic E-state index is 12.7. The van der Waals surface area contributed by atoms with E-state index in [1.165, 1.54) is 30.4 Å². The third-order valence-electron chi connectivity index (χ3n) is 7.88. The van der Waals surface area contributed by atoms with Gasteiger partial charge >= 0.3 is 0 Å². The minimum absolute atomic E-state index is 0.0640. The number of ketones is 1. The Bertz CT molecular complexity index is 964. The highest BCUT2D eigenvalue weighted by Gasteiger charge is 2.41. The number of nitrogens with zero attached hydrogens (tertiary/aromatic N) is 4. The number of hydrogen-bond donors (Lipinski definition) is 0. The van der Waals surface area contributed by atoms with Crippen molar-refractivity contribution in [1.82, 2.24) is 9.88 Å². The molecule has 6 heteroatoms. The summed E-state index contributed by atoms with van der Waals surface area (Å²) in [5, 5.41) is 8.98. The molecule has 4 heterocycles. The predicted octanol–water partition coefficient (Wildman–Crippen LogP) is 3.46. The van der Waals surface area contributed by atoms with Crippen LogP contribution in [0.25, 0.3) is 0 Å². The first-order chi connectivity index (χ1) is 15.1. The second-order valence-corrected chi connectivity index (χ2v) is 9.63. The van der Waals surface area contributed by atoms with E-state index in [2.05, 4.69) is 27.8 Å². The van der Waals surface area contributed by atoms with Gasteiger partial charge in [-0.25, -0.2) is 4.98 Å². The van der Waals surface area contributed by atoms with E-state index in [9.17, 15) is 4.79 Å². The van der Waals surface area contributed by atoms with E-state index in [0.29, 0.717) is 29.8 Å². The van der Waals surface area contributed by atoms with Crippen molar-refractivity contribution in [3.63, 3.8) is 0 Å². The average molecular weight is 419 g/mol. The molecule has 0 amide bonds. The molecule has 0 radical (unpaired) electrons. The number of fused-ring (bicyclic) bond motifs is 1. The summed E-state index contributed by atoms with van der Waals surface area (Å²) in [4.78, 5) is 22.1. The highest BCUT2D eigenvalue weighted by molar-refractivity contribution is 5.89. The van der Waals surface area contributed by atoms with Crippen LogP contribution in [0.5, 0.6) is 0 Å². The molecule has 0 aromatic carbocycles. The first-order valence-corrected chi connectivity index (χ1v) is 11.4. The first kappa shape index (κ1) is 20.3. The quantitative estimate of drug-likeness (QED) is 0.746. The Morgan fingerprint density at radius 1 is 1.26 bits per heavy atom. The maximum Gasteiger partial charge on any atom is 0.144 e. The summed E-state index contributed by atoms with van der Waals surface area (Å²) in [6, 6.07) is 5.97. The third kappa shape index (κ3) is 3.87. The van der Waals surface area contributed by atoms with Crippen molar-refractivity contribution in [1.29, 1.82) is 5.26 Å². The highest BCUT2D eigenvalue weighted by atomic mass is 16.5. The van der Waals surface area contributed by atoms with E-state index < -0.39 is 0 Å². The molecule has 1 atom stereocenters. The zero-order valence-corrected chi connectivity index (χ0v) is 18.3. The number of carbonyl (C=O) groups is 1. The molecule has 4 aliphatic rings. The predicted molar refractivity (Wildman–Crippen MR) is 118 cm³/mol. The molecule has 0 N–H and O–H groups in total. The molecule has 1 aromatic rings. The monoisotopic (exact) mass is 418 g/mol. The van der Waals surface area contributed by atoms with Crippen LogP contribution in [0.4, 0.5) is 5.82 Å². The Kier molecular flexibility index (Phi) is 5.31. The molecule has 31 heavy (non-hydrogen) atoms. The highest BCUT2D eigenvalue weighted by Crippen LogP contribution is 2.42. The molecule has 1 spiro atoms. The van der Waals surface area contributed by atoms with Crippen LogP contribution in [-0.2, 0) is 9.53 Å². The lowest BCUT2D eigenvalue weighted by molar-refractivity contribution is -0.121. The van der Waals surface area contributed by atoms with Crippen molar-refractivity contribution in [2.45, 2.75) is 39.0 Å². The molecule has 162 valence electrons. The van der Waals surface area contributed by atoms with Gasteiger partial charge in [0.05, 0.1) is 11.8 Å². The summed E-state index contributed by atoms with van der Waals surface area (Å²) in [5.41, 5.74) is 4.59. The molecule has 3 aliphatic heterocycles. The molecule has 0 bridgehead atoms. The molecular formula is C25H30N4O2. The van der Waals surface area contributed by atoms with Gasteiger partial charge in [-0.15, -0.1) is 0 Å². The van der Waals surface area contributed by atoms with Gasteiger partial charge in [0.25, 0.3) is 0 Å². The van der Waals surface area contributed by atoms with E-state index in [0.717, 1.165) is 50.5 Å².